The Labute approximate surface area is 79.4 Å². The molecule has 1 aromatic rings. The molecular formula is C8H10ClO2S-. The van der Waals surface area contributed by atoms with Gasteiger partial charge in [-0.15, -0.1) is 0 Å². The SMILES string of the molecule is Cc1cccc(C)c1.O=S([O-])Cl. The molecule has 0 aromatic heterocycles. The largest absolute Gasteiger partial charge is 0.760 e. The average molecular weight is 206 g/mol. The summed E-state index contributed by atoms with van der Waals surface area (Å²) in [6.45, 7) is 4.21. The van der Waals surface area contributed by atoms with Crippen molar-refractivity contribution in [3.05, 3.63) is 35.4 Å². The predicted octanol–water partition coefficient (Wildman–Crippen LogP) is 2.32. The fourth-order valence-electron chi connectivity index (χ4n) is 0.807. The van der Waals surface area contributed by atoms with Gasteiger partial charge >= 0.3 is 0 Å². The standard InChI is InChI=1S/C8H10.ClHO2S/c1-7-4-3-5-8(2)6-7;1-4(2)3/h3-6H,1-2H3;(H,2,3)/p-1. The van der Waals surface area contributed by atoms with Crippen LogP contribution in [-0.2, 0) is 10.3 Å². The summed E-state index contributed by atoms with van der Waals surface area (Å²) in [5, 5.41) is 0. The van der Waals surface area contributed by atoms with Crippen molar-refractivity contribution in [1.29, 1.82) is 0 Å². The van der Waals surface area contributed by atoms with E-state index in [0.717, 1.165) is 0 Å². The van der Waals surface area contributed by atoms with E-state index >= 15 is 0 Å². The molecule has 0 amide bonds. The fourth-order valence-corrected chi connectivity index (χ4v) is 0.807. The van der Waals surface area contributed by atoms with Crippen molar-refractivity contribution in [2.45, 2.75) is 13.8 Å². The Kier molecular flexibility index (Phi) is 5.98. The van der Waals surface area contributed by atoms with Crippen LogP contribution < -0.4 is 0 Å². The molecule has 0 aliphatic rings. The van der Waals surface area contributed by atoms with E-state index in [2.05, 4.69) is 48.8 Å². The van der Waals surface area contributed by atoms with Crippen LogP contribution in [0.2, 0.25) is 0 Å². The molecule has 0 fully saturated rings. The molecule has 1 unspecified atom stereocenters. The van der Waals surface area contributed by atoms with Crippen molar-refractivity contribution in [3.63, 3.8) is 0 Å². The van der Waals surface area contributed by atoms with E-state index in [1.54, 1.807) is 0 Å². The maximum atomic E-state index is 8.77. The first-order chi connectivity index (χ1) is 5.52. The number of hydrogen-bond acceptors (Lipinski definition) is 2. The molecule has 1 aromatic carbocycles. The molecular weight excluding hydrogens is 196 g/mol. The van der Waals surface area contributed by atoms with Crippen molar-refractivity contribution in [2.75, 3.05) is 0 Å². The van der Waals surface area contributed by atoms with Crippen LogP contribution in [0.5, 0.6) is 0 Å². The van der Waals surface area contributed by atoms with Gasteiger partial charge in [0, 0.05) is 10.3 Å². The second kappa shape index (κ2) is 6.17. The summed E-state index contributed by atoms with van der Waals surface area (Å²) in [5.74, 6) is 0. The summed E-state index contributed by atoms with van der Waals surface area (Å²) >= 11 is 0. The third kappa shape index (κ3) is 7.72. The molecule has 0 saturated carbocycles. The van der Waals surface area contributed by atoms with E-state index in [4.69, 9.17) is 8.76 Å². The lowest BCUT2D eigenvalue weighted by Crippen LogP contribution is -1.71. The fraction of sp³-hybridized carbons (Fsp3) is 0.250. The summed E-state index contributed by atoms with van der Waals surface area (Å²) < 4.78 is 17.5. The van der Waals surface area contributed by atoms with Crippen LogP contribution >= 0.6 is 10.7 Å². The normalized spacial score (nSPS) is 11.3. The lowest BCUT2D eigenvalue weighted by molar-refractivity contribution is 0.552. The smallest absolute Gasteiger partial charge is 0.0422 e. The van der Waals surface area contributed by atoms with Crippen molar-refractivity contribution in [1.82, 2.24) is 0 Å². The molecule has 0 bridgehead atoms. The highest BCUT2D eigenvalue weighted by molar-refractivity contribution is 8.03. The number of hydrogen-bond donors (Lipinski definition) is 0. The Balaban J connectivity index is 0.000000261. The highest BCUT2D eigenvalue weighted by Crippen LogP contribution is 2.00. The zero-order valence-electron chi connectivity index (χ0n) is 6.91. The van der Waals surface area contributed by atoms with Crippen molar-refractivity contribution < 1.29 is 8.76 Å². The van der Waals surface area contributed by atoms with Gasteiger partial charge in [0.15, 0.2) is 0 Å². The third-order valence-electron chi connectivity index (χ3n) is 1.17. The van der Waals surface area contributed by atoms with Gasteiger partial charge in [-0.3, -0.25) is 4.21 Å². The highest BCUT2D eigenvalue weighted by Gasteiger charge is 1.80. The van der Waals surface area contributed by atoms with Gasteiger partial charge in [-0.05, 0) is 24.5 Å². The summed E-state index contributed by atoms with van der Waals surface area (Å²) in [7, 11) is 1.80. The molecule has 0 spiro atoms. The average Bonchev–Trinajstić information content (AvgIpc) is 1.84. The van der Waals surface area contributed by atoms with E-state index in [1.807, 2.05) is 0 Å². The molecule has 0 saturated heterocycles. The monoisotopic (exact) mass is 205 g/mol. The third-order valence-corrected chi connectivity index (χ3v) is 1.17. The maximum Gasteiger partial charge on any atom is 0.0422 e. The molecule has 12 heavy (non-hydrogen) atoms. The number of aryl methyl sites for hydroxylation is 2. The minimum atomic E-state index is -2.39. The Morgan fingerprint density at radius 1 is 1.33 bits per heavy atom. The van der Waals surface area contributed by atoms with Gasteiger partial charge in [0.1, 0.15) is 0 Å². The Morgan fingerprint density at radius 2 is 1.67 bits per heavy atom. The van der Waals surface area contributed by atoms with Crippen LogP contribution in [0.15, 0.2) is 24.3 Å². The summed E-state index contributed by atoms with van der Waals surface area (Å²) in [5.41, 5.74) is 2.68. The number of benzene rings is 1. The van der Waals surface area contributed by atoms with E-state index in [9.17, 15) is 0 Å². The molecule has 0 radical (unpaired) electrons. The van der Waals surface area contributed by atoms with Crippen LogP contribution in [0.1, 0.15) is 11.1 Å². The van der Waals surface area contributed by atoms with E-state index in [0.29, 0.717) is 0 Å². The zero-order chi connectivity index (χ0) is 9.56. The molecule has 0 N–H and O–H groups in total. The number of halogens is 1. The van der Waals surface area contributed by atoms with Crippen LogP contribution in [0.3, 0.4) is 0 Å². The van der Waals surface area contributed by atoms with E-state index < -0.39 is 10.3 Å². The topological polar surface area (TPSA) is 40.1 Å². The molecule has 0 heterocycles. The molecule has 0 aliphatic heterocycles. The van der Waals surface area contributed by atoms with Crippen molar-refractivity contribution >= 4 is 21.0 Å². The van der Waals surface area contributed by atoms with Gasteiger partial charge in [-0.1, -0.05) is 35.4 Å². The second-order valence-electron chi connectivity index (χ2n) is 2.35. The molecule has 68 valence electrons. The Hall–Kier alpha value is -0.380. The summed E-state index contributed by atoms with van der Waals surface area (Å²) in [6.07, 6.45) is 0. The lowest BCUT2D eigenvalue weighted by atomic mass is 10.2. The number of rotatable bonds is 0. The Morgan fingerprint density at radius 3 is 1.83 bits per heavy atom. The van der Waals surface area contributed by atoms with Crippen LogP contribution in [0.4, 0.5) is 0 Å². The first-order valence-electron chi connectivity index (χ1n) is 3.31. The van der Waals surface area contributed by atoms with Crippen LogP contribution in [-0.4, -0.2) is 8.76 Å². The molecule has 2 nitrogen and oxygen atoms in total. The summed E-state index contributed by atoms with van der Waals surface area (Å²) in [4.78, 5) is 0. The minimum absolute atomic E-state index is 1.34. The van der Waals surface area contributed by atoms with E-state index in [-0.39, 0.29) is 0 Å². The van der Waals surface area contributed by atoms with E-state index in [1.165, 1.54) is 11.1 Å². The lowest BCUT2D eigenvalue weighted by Gasteiger charge is -1.90. The van der Waals surface area contributed by atoms with Crippen molar-refractivity contribution in [2.24, 2.45) is 0 Å². The van der Waals surface area contributed by atoms with Gasteiger partial charge < -0.3 is 4.55 Å². The molecule has 1 atom stereocenters. The van der Waals surface area contributed by atoms with Gasteiger partial charge in [-0.25, -0.2) is 0 Å². The molecule has 1 rings (SSSR count). The second-order valence-corrected chi connectivity index (χ2v) is 3.50. The first kappa shape index (κ1) is 11.6. The molecule has 4 heteroatoms. The van der Waals surface area contributed by atoms with Crippen LogP contribution in [0.25, 0.3) is 0 Å². The quantitative estimate of drug-likeness (QED) is 0.482. The summed E-state index contributed by atoms with van der Waals surface area (Å²) in [6, 6.07) is 8.45. The van der Waals surface area contributed by atoms with Gasteiger partial charge in [0.2, 0.25) is 0 Å². The van der Waals surface area contributed by atoms with Crippen LogP contribution in [0, 0.1) is 13.8 Å². The maximum absolute atomic E-state index is 8.77. The van der Waals surface area contributed by atoms with Crippen molar-refractivity contribution in [3.8, 4) is 0 Å². The molecule has 0 aliphatic carbocycles. The minimum Gasteiger partial charge on any atom is -0.760 e. The van der Waals surface area contributed by atoms with Gasteiger partial charge in [0.25, 0.3) is 0 Å². The van der Waals surface area contributed by atoms with Gasteiger partial charge in [-0.2, -0.15) is 0 Å². The zero-order valence-corrected chi connectivity index (χ0v) is 8.48. The Bertz CT molecular complexity index is 242. The predicted molar refractivity (Wildman–Crippen MR) is 50.7 cm³/mol. The first-order valence-corrected chi connectivity index (χ1v) is 5.21. The highest BCUT2D eigenvalue weighted by atomic mass is 35.7. The van der Waals surface area contributed by atoms with Gasteiger partial charge in [0.05, 0.1) is 0 Å².